The molecule has 0 spiro atoms. The van der Waals surface area contributed by atoms with Crippen molar-refractivity contribution in [2.24, 2.45) is 0 Å². The van der Waals surface area contributed by atoms with Gasteiger partial charge in [0.15, 0.2) is 6.20 Å². The van der Waals surface area contributed by atoms with Gasteiger partial charge in [0.2, 0.25) is 5.52 Å². The predicted molar refractivity (Wildman–Crippen MR) is 52.7 cm³/mol. The fourth-order valence-electron chi connectivity index (χ4n) is 1.43. The summed E-state index contributed by atoms with van der Waals surface area (Å²) in [5.41, 5.74) is 1.64. The predicted octanol–water partition coefficient (Wildman–Crippen LogP) is 2.44. The third-order valence-electron chi connectivity index (χ3n) is 2.05. The second kappa shape index (κ2) is 2.89. The number of halogens is 1. The molecule has 0 atom stereocenters. The summed E-state index contributed by atoms with van der Waals surface area (Å²) >= 11 is 5.84. The second-order valence-electron chi connectivity index (χ2n) is 2.99. The Hall–Kier alpha value is -1.28. The molecule has 0 aliphatic carbocycles. The van der Waals surface area contributed by atoms with Crippen molar-refractivity contribution in [3.63, 3.8) is 0 Å². The highest BCUT2D eigenvalue weighted by molar-refractivity contribution is 6.31. The molecular weight excluding hydrogens is 186 g/mol. The van der Waals surface area contributed by atoms with Crippen molar-refractivity contribution in [1.29, 1.82) is 0 Å². The zero-order valence-electron chi connectivity index (χ0n) is 7.12. The summed E-state index contributed by atoms with van der Waals surface area (Å²) in [6.07, 6.45) is 1.47. The van der Waals surface area contributed by atoms with Gasteiger partial charge in [0.05, 0.1) is 5.39 Å². The molecule has 0 aliphatic rings. The van der Waals surface area contributed by atoms with Crippen LogP contribution in [-0.2, 0) is 0 Å². The molecule has 3 heteroatoms. The molecule has 2 aromatic rings. The molecule has 0 N–H and O–H groups in total. The summed E-state index contributed by atoms with van der Waals surface area (Å²) in [7, 11) is 0. The Labute approximate surface area is 81.0 Å². The first-order valence-electron chi connectivity index (χ1n) is 3.96. The molecule has 1 heterocycles. The van der Waals surface area contributed by atoms with Gasteiger partial charge in [0.1, 0.15) is 0 Å². The number of benzene rings is 1. The first kappa shape index (κ1) is 8.32. The van der Waals surface area contributed by atoms with Gasteiger partial charge in [-0.1, -0.05) is 11.6 Å². The van der Waals surface area contributed by atoms with Crippen LogP contribution in [0.2, 0.25) is 5.02 Å². The Morgan fingerprint density at radius 3 is 2.92 bits per heavy atom. The van der Waals surface area contributed by atoms with E-state index in [1.165, 1.54) is 6.20 Å². The summed E-state index contributed by atoms with van der Waals surface area (Å²) in [5.74, 6) is 0. The van der Waals surface area contributed by atoms with Crippen LogP contribution in [0.25, 0.3) is 10.9 Å². The van der Waals surface area contributed by atoms with E-state index in [4.69, 9.17) is 11.6 Å². The molecule has 0 aliphatic heterocycles. The molecule has 0 saturated heterocycles. The van der Waals surface area contributed by atoms with Gasteiger partial charge < -0.3 is 5.21 Å². The van der Waals surface area contributed by atoms with Crippen molar-refractivity contribution in [2.75, 3.05) is 0 Å². The highest BCUT2D eigenvalue weighted by Gasteiger charge is 2.06. The van der Waals surface area contributed by atoms with Crippen LogP contribution in [0.4, 0.5) is 0 Å². The number of hydrogen-bond acceptors (Lipinski definition) is 1. The number of rotatable bonds is 0. The molecule has 0 bridgehead atoms. The lowest BCUT2D eigenvalue weighted by atomic mass is 10.1. The van der Waals surface area contributed by atoms with E-state index in [9.17, 15) is 5.21 Å². The van der Waals surface area contributed by atoms with Crippen molar-refractivity contribution in [2.45, 2.75) is 6.92 Å². The van der Waals surface area contributed by atoms with Crippen LogP contribution >= 0.6 is 11.6 Å². The zero-order chi connectivity index (χ0) is 9.42. The number of nitrogens with zero attached hydrogens (tertiary/aromatic N) is 1. The van der Waals surface area contributed by atoms with Crippen LogP contribution in [0, 0.1) is 12.1 Å². The SMILES string of the molecule is Cc1cc(Cl)cc2c1ccc[n+]2[O-]. The lowest BCUT2D eigenvalue weighted by Crippen LogP contribution is -2.25. The summed E-state index contributed by atoms with van der Waals surface area (Å²) < 4.78 is 0.828. The lowest BCUT2D eigenvalue weighted by molar-refractivity contribution is -0.577. The molecule has 2 rings (SSSR count). The number of aryl methyl sites for hydroxylation is 1. The van der Waals surface area contributed by atoms with Crippen molar-refractivity contribution in [3.8, 4) is 0 Å². The van der Waals surface area contributed by atoms with Gasteiger partial charge in [0.25, 0.3) is 0 Å². The van der Waals surface area contributed by atoms with Crippen molar-refractivity contribution in [3.05, 3.63) is 46.3 Å². The van der Waals surface area contributed by atoms with Crippen molar-refractivity contribution >= 4 is 22.5 Å². The molecule has 0 radical (unpaired) electrons. The summed E-state index contributed by atoms with van der Waals surface area (Å²) in [4.78, 5) is 0. The Bertz CT molecular complexity index is 468. The first-order chi connectivity index (χ1) is 6.18. The summed E-state index contributed by atoms with van der Waals surface area (Å²) in [6, 6.07) is 7.17. The first-order valence-corrected chi connectivity index (χ1v) is 4.34. The molecule has 2 nitrogen and oxygen atoms in total. The average Bonchev–Trinajstić information content (AvgIpc) is 2.07. The van der Waals surface area contributed by atoms with E-state index in [0.29, 0.717) is 10.5 Å². The minimum Gasteiger partial charge on any atom is -0.618 e. The van der Waals surface area contributed by atoms with Crippen LogP contribution in [0.3, 0.4) is 0 Å². The van der Waals surface area contributed by atoms with E-state index in [1.807, 2.05) is 19.1 Å². The highest BCUT2D eigenvalue weighted by Crippen LogP contribution is 2.20. The fourth-order valence-corrected chi connectivity index (χ4v) is 1.70. The summed E-state index contributed by atoms with van der Waals surface area (Å²) in [5, 5.41) is 12.9. The smallest absolute Gasteiger partial charge is 0.225 e. The number of hydrogen-bond donors (Lipinski definition) is 0. The third kappa shape index (κ3) is 1.33. The minimum atomic E-state index is 0.598. The Kier molecular flexibility index (Phi) is 1.85. The number of pyridine rings is 1. The maximum Gasteiger partial charge on any atom is 0.225 e. The van der Waals surface area contributed by atoms with Crippen LogP contribution < -0.4 is 4.73 Å². The monoisotopic (exact) mass is 193 g/mol. The van der Waals surface area contributed by atoms with E-state index in [1.54, 1.807) is 12.1 Å². The van der Waals surface area contributed by atoms with Gasteiger partial charge in [-0.25, -0.2) is 0 Å². The largest absolute Gasteiger partial charge is 0.618 e. The number of fused-ring (bicyclic) bond motifs is 1. The van der Waals surface area contributed by atoms with E-state index < -0.39 is 0 Å². The second-order valence-corrected chi connectivity index (χ2v) is 3.43. The van der Waals surface area contributed by atoms with Gasteiger partial charge >= 0.3 is 0 Å². The lowest BCUT2D eigenvalue weighted by Gasteiger charge is -2.03. The quantitative estimate of drug-likeness (QED) is 0.466. The standard InChI is InChI=1S/C10H8ClNO/c1-7-5-8(11)6-10-9(7)3-2-4-12(10)13/h2-6H,1H3. The van der Waals surface area contributed by atoms with Crippen LogP contribution in [0.15, 0.2) is 30.5 Å². The Morgan fingerprint density at radius 1 is 1.38 bits per heavy atom. The normalized spacial score (nSPS) is 10.6. The van der Waals surface area contributed by atoms with Gasteiger partial charge in [0, 0.05) is 17.2 Å². The molecule has 1 aromatic heterocycles. The molecule has 13 heavy (non-hydrogen) atoms. The molecule has 0 fully saturated rings. The molecule has 0 unspecified atom stereocenters. The average molecular weight is 194 g/mol. The van der Waals surface area contributed by atoms with Gasteiger partial charge in [-0.15, -0.1) is 0 Å². The zero-order valence-corrected chi connectivity index (χ0v) is 7.88. The molecular formula is C10H8ClNO. The van der Waals surface area contributed by atoms with E-state index >= 15 is 0 Å². The Morgan fingerprint density at radius 2 is 2.15 bits per heavy atom. The molecule has 0 amide bonds. The van der Waals surface area contributed by atoms with E-state index in [2.05, 4.69) is 0 Å². The molecule has 1 aromatic carbocycles. The minimum absolute atomic E-state index is 0.598. The topological polar surface area (TPSA) is 26.9 Å². The summed E-state index contributed by atoms with van der Waals surface area (Å²) in [6.45, 7) is 1.94. The van der Waals surface area contributed by atoms with Gasteiger partial charge in [-0.2, -0.15) is 4.73 Å². The Balaban J connectivity index is 2.94. The third-order valence-corrected chi connectivity index (χ3v) is 2.27. The fraction of sp³-hybridized carbons (Fsp3) is 0.100. The maximum absolute atomic E-state index is 11.3. The van der Waals surface area contributed by atoms with Gasteiger partial charge in [-0.3, -0.25) is 0 Å². The maximum atomic E-state index is 11.3. The van der Waals surface area contributed by atoms with E-state index in [0.717, 1.165) is 15.7 Å². The van der Waals surface area contributed by atoms with E-state index in [-0.39, 0.29) is 0 Å². The van der Waals surface area contributed by atoms with Crippen molar-refractivity contribution < 1.29 is 4.73 Å². The van der Waals surface area contributed by atoms with Crippen LogP contribution in [-0.4, -0.2) is 0 Å². The molecule has 66 valence electrons. The number of aromatic nitrogens is 1. The van der Waals surface area contributed by atoms with Crippen molar-refractivity contribution in [1.82, 2.24) is 0 Å². The van der Waals surface area contributed by atoms with Crippen LogP contribution in [0.5, 0.6) is 0 Å². The highest BCUT2D eigenvalue weighted by atomic mass is 35.5. The van der Waals surface area contributed by atoms with Gasteiger partial charge in [-0.05, 0) is 24.6 Å². The van der Waals surface area contributed by atoms with Crippen LogP contribution in [0.1, 0.15) is 5.56 Å². The molecule has 0 saturated carbocycles.